The zero-order valence-electron chi connectivity index (χ0n) is 40.9. The van der Waals surface area contributed by atoms with E-state index in [4.69, 9.17) is 42.7 Å². The van der Waals surface area contributed by atoms with Crippen LogP contribution in [0.3, 0.4) is 0 Å². The number of nitriles is 1. The standard InChI is InChI=1S/C54H59N8O8P/c1-37(2)62(38(3)4)71(67-33-17-32-55)70-46-34-48(60-36-57-49-50(60)58-52(56-5)59-51(49)69-53(63)61(42-20-13-9-14-21-42)43-22-15-10-16-23-43)68-47(46)35-66-54(39-18-11-8-12-19-39,40-24-28-44(64-6)29-25-40)41-26-30-45(65-7)31-27-41/h8-16,18-31,36-38,46-48H,17,33-35H2,1-7H3,(H,56,58,59)/t46-,47+,48+,71?/m0/s1. The van der Waals surface area contributed by atoms with Gasteiger partial charge in [0.25, 0.3) is 14.4 Å². The SMILES string of the molecule is CNc1nc(OC(=O)N(c2ccccc2)c2ccccc2)c2ncn([C@H]3C[C@H](OP(OCCC#N)N(C(C)C)C(C)C)[C@@H](COC(c4ccccc4)(c4ccc(OC)cc4)c4ccc(OC)cc4)O3)c2n1. The maximum absolute atomic E-state index is 14.3. The van der Waals surface area contributed by atoms with Gasteiger partial charge < -0.3 is 38.0 Å². The van der Waals surface area contributed by atoms with Gasteiger partial charge in [-0.1, -0.05) is 91.0 Å². The summed E-state index contributed by atoms with van der Waals surface area (Å²) >= 11 is 0. The first-order valence-corrected chi connectivity index (χ1v) is 24.6. The number of amides is 1. The number of para-hydroxylation sites is 2. The number of benzene rings is 5. The molecule has 7 aromatic rings. The molecule has 1 amide bonds. The molecule has 3 heterocycles. The molecule has 0 bridgehead atoms. The van der Waals surface area contributed by atoms with Crippen LogP contribution in [0.2, 0.25) is 0 Å². The molecule has 71 heavy (non-hydrogen) atoms. The minimum atomic E-state index is -1.72. The number of carbonyl (C=O) groups excluding carboxylic acids is 1. The predicted octanol–water partition coefficient (Wildman–Crippen LogP) is 11.2. The second-order valence-electron chi connectivity index (χ2n) is 17.2. The lowest BCUT2D eigenvalue weighted by molar-refractivity contribution is -0.0912. The highest BCUT2D eigenvalue weighted by Crippen LogP contribution is 2.51. The molecule has 1 aliphatic heterocycles. The highest BCUT2D eigenvalue weighted by atomic mass is 31.2. The average molecular weight is 979 g/mol. The second kappa shape index (κ2) is 23.3. The van der Waals surface area contributed by atoms with Crippen LogP contribution in [0, 0.1) is 11.3 Å². The normalized spacial score (nSPS) is 16.3. The van der Waals surface area contributed by atoms with Crippen LogP contribution in [0.4, 0.5) is 22.1 Å². The van der Waals surface area contributed by atoms with Crippen molar-refractivity contribution in [3.8, 4) is 23.4 Å². The first-order chi connectivity index (χ1) is 34.6. The Kier molecular flexibility index (Phi) is 16.6. The first-order valence-electron chi connectivity index (χ1n) is 23.5. The molecule has 2 aromatic heterocycles. The molecule has 17 heteroatoms. The number of carbonyl (C=O) groups is 1. The molecule has 0 aliphatic carbocycles. The predicted molar refractivity (Wildman–Crippen MR) is 273 cm³/mol. The first kappa shape index (κ1) is 50.4. The molecule has 5 aromatic carbocycles. The lowest BCUT2D eigenvalue weighted by atomic mass is 9.80. The van der Waals surface area contributed by atoms with Crippen molar-refractivity contribution in [1.29, 1.82) is 5.26 Å². The molecule has 368 valence electrons. The van der Waals surface area contributed by atoms with Crippen molar-refractivity contribution in [3.63, 3.8) is 0 Å². The van der Waals surface area contributed by atoms with E-state index in [9.17, 15) is 10.1 Å². The van der Waals surface area contributed by atoms with Gasteiger partial charge in [0, 0.05) is 25.6 Å². The fourth-order valence-electron chi connectivity index (χ4n) is 8.75. The summed E-state index contributed by atoms with van der Waals surface area (Å²) in [5.41, 5.74) is 3.24. The van der Waals surface area contributed by atoms with Crippen LogP contribution in [-0.4, -0.2) is 89.1 Å². The van der Waals surface area contributed by atoms with Gasteiger partial charge in [-0.3, -0.25) is 4.57 Å². The molecule has 0 spiro atoms. The number of imidazole rings is 1. The van der Waals surface area contributed by atoms with E-state index in [1.165, 1.54) is 4.90 Å². The van der Waals surface area contributed by atoms with E-state index in [1.807, 2.05) is 140 Å². The monoisotopic (exact) mass is 978 g/mol. The quantitative estimate of drug-likeness (QED) is 0.0410. The summed E-state index contributed by atoms with van der Waals surface area (Å²) in [5, 5.41) is 12.6. The molecule has 1 N–H and O–H groups in total. The molecule has 16 nitrogen and oxygen atoms in total. The van der Waals surface area contributed by atoms with Gasteiger partial charge in [-0.15, -0.1) is 0 Å². The van der Waals surface area contributed by atoms with E-state index in [0.717, 1.165) is 16.7 Å². The fourth-order valence-corrected chi connectivity index (χ4v) is 10.5. The van der Waals surface area contributed by atoms with Crippen molar-refractivity contribution in [2.24, 2.45) is 0 Å². The zero-order valence-corrected chi connectivity index (χ0v) is 41.8. The molecule has 0 saturated carbocycles. The van der Waals surface area contributed by atoms with Crippen molar-refractivity contribution in [3.05, 3.63) is 163 Å². The largest absolute Gasteiger partial charge is 0.497 e. The lowest BCUT2D eigenvalue weighted by Crippen LogP contribution is -2.39. The molecule has 0 radical (unpaired) electrons. The third-order valence-corrected chi connectivity index (χ3v) is 14.2. The van der Waals surface area contributed by atoms with Crippen molar-refractivity contribution in [2.45, 2.75) is 76.7 Å². The highest BCUT2D eigenvalue weighted by molar-refractivity contribution is 7.44. The Balaban J connectivity index is 1.20. The van der Waals surface area contributed by atoms with Gasteiger partial charge in [-0.25, -0.2) is 19.3 Å². The van der Waals surface area contributed by atoms with Gasteiger partial charge in [-0.05, 0) is 92.9 Å². The number of aromatic nitrogens is 4. The minimum absolute atomic E-state index is 0.0416. The van der Waals surface area contributed by atoms with Crippen LogP contribution in [0.5, 0.6) is 17.4 Å². The number of anilines is 3. The van der Waals surface area contributed by atoms with Gasteiger partial charge in [0.05, 0.1) is 63.7 Å². The average Bonchev–Trinajstić information content (AvgIpc) is 4.01. The molecular weight excluding hydrogens is 920 g/mol. The van der Waals surface area contributed by atoms with Crippen LogP contribution in [-0.2, 0) is 24.1 Å². The van der Waals surface area contributed by atoms with Crippen molar-refractivity contribution in [2.75, 3.05) is 44.7 Å². The van der Waals surface area contributed by atoms with Crippen LogP contribution in [0.1, 0.15) is 63.5 Å². The Morgan fingerprint density at radius 2 is 1.37 bits per heavy atom. The molecule has 8 rings (SSSR count). The number of nitrogens with one attached hydrogen (secondary N) is 1. The smallest absolute Gasteiger partial charge is 0.425 e. The summed E-state index contributed by atoms with van der Waals surface area (Å²) in [6, 6.07) is 46.5. The van der Waals surface area contributed by atoms with Crippen LogP contribution >= 0.6 is 8.53 Å². The van der Waals surface area contributed by atoms with Gasteiger partial charge in [0.2, 0.25) is 5.95 Å². The molecule has 1 fully saturated rings. The zero-order chi connectivity index (χ0) is 49.9. The molecule has 1 unspecified atom stereocenters. The number of hydrogen-bond acceptors (Lipinski definition) is 14. The third-order valence-electron chi connectivity index (χ3n) is 12.0. The minimum Gasteiger partial charge on any atom is -0.497 e. The van der Waals surface area contributed by atoms with Gasteiger partial charge in [-0.2, -0.15) is 15.2 Å². The summed E-state index contributed by atoms with van der Waals surface area (Å²) in [5.74, 6) is 1.55. The summed E-state index contributed by atoms with van der Waals surface area (Å²) in [4.78, 5) is 29.9. The second-order valence-corrected chi connectivity index (χ2v) is 18.6. The lowest BCUT2D eigenvalue weighted by Gasteiger charge is -2.39. The maximum atomic E-state index is 14.3. The van der Waals surface area contributed by atoms with E-state index in [0.29, 0.717) is 34.9 Å². The Morgan fingerprint density at radius 1 is 0.817 bits per heavy atom. The van der Waals surface area contributed by atoms with E-state index in [-0.39, 0.29) is 49.1 Å². The fraction of sp³-hybridized carbons (Fsp3) is 0.315. The number of ether oxygens (including phenoxy) is 5. The third kappa shape index (κ3) is 11.2. The van der Waals surface area contributed by atoms with Crippen LogP contribution in [0.25, 0.3) is 11.2 Å². The van der Waals surface area contributed by atoms with Gasteiger partial charge in [0.1, 0.15) is 29.4 Å². The Morgan fingerprint density at radius 3 is 1.89 bits per heavy atom. The van der Waals surface area contributed by atoms with Crippen LogP contribution in [0.15, 0.2) is 146 Å². The van der Waals surface area contributed by atoms with E-state index >= 15 is 0 Å². The molecule has 1 saturated heterocycles. The van der Waals surface area contributed by atoms with Crippen molar-refractivity contribution < 1.29 is 37.5 Å². The Bertz CT molecular complexity index is 2760. The number of nitrogens with zero attached hydrogens (tertiary/aromatic N) is 7. The number of rotatable bonds is 21. The van der Waals surface area contributed by atoms with Gasteiger partial charge in [0.15, 0.2) is 11.2 Å². The molecule has 4 atom stereocenters. The summed E-state index contributed by atoms with van der Waals surface area (Å²) in [6.07, 6.45) is -0.588. The topological polar surface area (TPSA) is 168 Å². The molecule has 1 aliphatic rings. The van der Waals surface area contributed by atoms with Crippen LogP contribution < -0.4 is 24.4 Å². The Hall–Kier alpha value is -6.96. The number of hydrogen-bond donors (Lipinski definition) is 1. The van der Waals surface area contributed by atoms with Crippen molar-refractivity contribution in [1.82, 2.24) is 24.2 Å². The molecular formula is C54H59N8O8P. The maximum Gasteiger partial charge on any atom is 0.425 e. The Labute approximate surface area is 416 Å². The highest BCUT2D eigenvalue weighted by Gasteiger charge is 2.45. The van der Waals surface area contributed by atoms with E-state index in [1.54, 1.807) is 32.2 Å². The number of methoxy groups -OCH3 is 2. The van der Waals surface area contributed by atoms with E-state index < -0.39 is 38.7 Å². The van der Waals surface area contributed by atoms with Gasteiger partial charge >= 0.3 is 6.09 Å². The van der Waals surface area contributed by atoms with Crippen molar-refractivity contribution >= 4 is 43.1 Å². The summed E-state index contributed by atoms with van der Waals surface area (Å²) < 4.78 is 49.5. The van der Waals surface area contributed by atoms with E-state index in [2.05, 4.69) is 48.7 Å². The summed E-state index contributed by atoms with van der Waals surface area (Å²) in [6.45, 7) is 8.61. The number of fused-ring (bicyclic) bond motifs is 1. The summed E-state index contributed by atoms with van der Waals surface area (Å²) in [7, 11) is 3.25.